The molecule has 4 aromatic heterocycles. The molecule has 0 radical (unpaired) electrons. The van der Waals surface area contributed by atoms with Crippen LogP contribution in [0.25, 0.3) is 77.5 Å². The molecule has 0 atom stereocenters. The van der Waals surface area contributed by atoms with E-state index in [-0.39, 0.29) is 5.41 Å². The van der Waals surface area contributed by atoms with Crippen LogP contribution in [0.15, 0.2) is 152 Å². The Morgan fingerprint density at radius 3 is 2.04 bits per heavy atom. The quantitative estimate of drug-likeness (QED) is 0.197. The lowest BCUT2D eigenvalue weighted by Crippen LogP contribution is -2.12. The number of benzene rings is 5. The van der Waals surface area contributed by atoms with Gasteiger partial charge in [0, 0.05) is 50.8 Å². The second-order valence-corrected chi connectivity index (χ2v) is 13.6. The number of fused-ring (bicyclic) bond motifs is 6. The minimum atomic E-state index is 0.00371. The molecule has 5 aromatic carbocycles. The summed E-state index contributed by atoms with van der Waals surface area (Å²) >= 11 is 0. The van der Waals surface area contributed by atoms with Gasteiger partial charge in [0.2, 0.25) is 0 Å². The number of nitrogens with zero attached hydrogens (tertiary/aromatic N) is 4. The fraction of sp³-hybridized carbons (Fsp3) is 0.0909. The van der Waals surface area contributed by atoms with Crippen LogP contribution in [-0.2, 0) is 5.41 Å². The molecule has 0 unspecified atom stereocenters. The minimum Gasteiger partial charge on any atom is -0.309 e. The molecule has 4 nitrogen and oxygen atoms in total. The van der Waals surface area contributed by atoms with Crippen LogP contribution in [0, 0.1) is 0 Å². The van der Waals surface area contributed by atoms with Crippen LogP contribution in [-0.4, -0.2) is 19.1 Å². The van der Waals surface area contributed by atoms with E-state index in [9.17, 15) is 0 Å². The van der Waals surface area contributed by atoms with Gasteiger partial charge in [-0.15, -0.1) is 0 Å². The molecule has 4 heterocycles. The van der Waals surface area contributed by atoms with Crippen LogP contribution in [0.5, 0.6) is 0 Å². The predicted molar refractivity (Wildman–Crippen MR) is 200 cm³/mol. The Morgan fingerprint density at radius 1 is 0.479 bits per heavy atom. The molecular weight excluding hydrogens is 585 g/mol. The van der Waals surface area contributed by atoms with E-state index in [1.807, 2.05) is 24.5 Å². The van der Waals surface area contributed by atoms with E-state index in [1.165, 1.54) is 43.8 Å². The molecular formula is C44H34N4. The lowest BCUT2D eigenvalue weighted by atomic mass is 9.88. The molecule has 0 aliphatic heterocycles. The van der Waals surface area contributed by atoms with Gasteiger partial charge in [-0.3, -0.25) is 9.55 Å². The van der Waals surface area contributed by atoms with E-state index in [0.29, 0.717) is 0 Å². The van der Waals surface area contributed by atoms with Crippen LogP contribution in [0.3, 0.4) is 0 Å². The first-order valence-electron chi connectivity index (χ1n) is 16.5. The number of hydrogen-bond acceptors (Lipinski definition) is 2. The van der Waals surface area contributed by atoms with E-state index in [0.717, 1.165) is 39.3 Å². The zero-order valence-corrected chi connectivity index (χ0v) is 27.2. The predicted octanol–water partition coefficient (Wildman–Crippen LogP) is 11.3. The van der Waals surface area contributed by atoms with Gasteiger partial charge < -0.3 is 4.57 Å². The lowest BCUT2D eigenvalue weighted by Gasteiger charge is -2.20. The topological polar surface area (TPSA) is 35.6 Å². The van der Waals surface area contributed by atoms with Crippen molar-refractivity contribution in [3.8, 4) is 33.9 Å². The van der Waals surface area contributed by atoms with Gasteiger partial charge in [0.15, 0.2) is 0 Å². The van der Waals surface area contributed by atoms with E-state index in [1.54, 1.807) is 0 Å². The van der Waals surface area contributed by atoms with Crippen LogP contribution >= 0.6 is 0 Å². The molecule has 0 saturated carbocycles. The highest BCUT2D eigenvalue weighted by molar-refractivity contribution is 6.15. The summed E-state index contributed by atoms with van der Waals surface area (Å²) in [5, 5.41) is 4.85. The molecule has 9 aromatic rings. The largest absolute Gasteiger partial charge is 0.309 e. The summed E-state index contributed by atoms with van der Waals surface area (Å²) in [5.41, 5.74) is 11.4. The Labute approximate surface area is 279 Å². The first kappa shape index (κ1) is 28.2. The third-order valence-electron chi connectivity index (χ3n) is 9.59. The van der Waals surface area contributed by atoms with Crippen molar-refractivity contribution in [2.75, 3.05) is 0 Å². The highest BCUT2D eigenvalue weighted by atomic mass is 15.1. The summed E-state index contributed by atoms with van der Waals surface area (Å²) < 4.78 is 4.77. The standard InChI is InChI=1S/C44H34N4/c1-44(2,3)31-23-25-46-42(27-31)48-39-18-8-7-14-34(39)35-22-20-32(28-41(35)48)47-40-26-30(38-17-9-10-24-45-38)19-21-36(40)37-16-11-15-33(43(37)47)29-12-5-4-6-13-29/h4-28H,1-3H3. The van der Waals surface area contributed by atoms with Crippen LogP contribution in [0.2, 0.25) is 0 Å². The number of para-hydroxylation sites is 2. The van der Waals surface area contributed by atoms with Crippen molar-refractivity contribution in [1.82, 2.24) is 19.1 Å². The molecule has 0 aliphatic carbocycles. The smallest absolute Gasteiger partial charge is 0.137 e. The second-order valence-electron chi connectivity index (χ2n) is 13.6. The van der Waals surface area contributed by atoms with Crippen molar-refractivity contribution in [3.05, 3.63) is 157 Å². The molecule has 0 N–H and O–H groups in total. The average Bonchev–Trinajstić information content (AvgIpc) is 3.64. The molecule has 0 spiro atoms. The molecule has 0 amide bonds. The van der Waals surface area contributed by atoms with Crippen LogP contribution < -0.4 is 0 Å². The maximum Gasteiger partial charge on any atom is 0.137 e. The molecule has 48 heavy (non-hydrogen) atoms. The monoisotopic (exact) mass is 618 g/mol. The Hall–Kier alpha value is -6.00. The van der Waals surface area contributed by atoms with Gasteiger partial charge in [0.25, 0.3) is 0 Å². The molecule has 0 saturated heterocycles. The van der Waals surface area contributed by atoms with Crippen molar-refractivity contribution in [2.24, 2.45) is 0 Å². The van der Waals surface area contributed by atoms with Gasteiger partial charge in [0.05, 0.1) is 27.8 Å². The van der Waals surface area contributed by atoms with Gasteiger partial charge in [-0.1, -0.05) is 112 Å². The summed E-state index contributed by atoms with van der Waals surface area (Å²) in [4.78, 5) is 9.63. The summed E-state index contributed by atoms with van der Waals surface area (Å²) in [5.74, 6) is 0.926. The van der Waals surface area contributed by atoms with Crippen molar-refractivity contribution >= 4 is 43.6 Å². The second kappa shape index (κ2) is 10.8. The maximum absolute atomic E-state index is 4.94. The van der Waals surface area contributed by atoms with Crippen molar-refractivity contribution in [2.45, 2.75) is 26.2 Å². The summed E-state index contributed by atoms with van der Waals surface area (Å²) in [6, 6.07) is 50.1. The molecule has 9 rings (SSSR count). The van der Waals surface area contributed by atoms with Crippen molar-refractivity contribution in [1.29, 1.82) is 0 Å². The number of aromatic nitrogens is 4. The van der Waals surface area contributed by atoms with E-state index in [4.69, 9.17) is 9.97 Å². The fourth-order valence-corrected chi connectivity index (χ4v) is 7.23. The van der Waals surface area contributed by atoms with Gasteiger partial charge in [-0.2, -0.15) is 0 Å². The maximum atomic E-state index is 4.94. The highest BCUT2D eigenvalue weighted by Gasteiger charge is 2.21. The molecule has 230 valence electrons. The van der Waals surface area contributed by atoms with Gasteiger partial charge in [-0.25, -0.2) is 4.98 Å². The number of hydrogen-bond donors (Lipinski definition) is 0. The van der Waals surface area contributed by atoms with Crippen LogP contribution in [0.4, 0.5) is 0 Å². The summed E-state index contributed by atoms with van der Waals surface area (Å²) in [6.45, 7) is 6.76. The van der Waals surface area contributed by atoms with E-state index >= 15 is 0 Å². The Bertz CT molecular complexity index is 2640. The normalized spacial score (nSPS) is 12.1. The third-order valence-corrected chi connectivity index (χ3v) is 9.59. The van der Waals surface area contributed by atoms with Gasteiger partial charge in [-0.05, 0) is 65.1 Å². The molecule has 0 bridgehead atoms. The van der Waals surface area contributed by atoms with E-state index in [2.05, 4.69) is 157 Å². The first-order valence-corrected chi connectivity index (χ1v) is 16.5. The van der Waals surface area contributed by atoms with E-state index < -0.39 is 0 Å². The summed E-state index contributed by atoms with van der Waals surface area (Å²) in [6.07, 6.45) is 3.80. The Morgan fingerprint density at radius 2 is 1.21 bits per heavy atom. The minimum absolute atomic E-state index is 0.00371. The van der Waals surface area contributed by atoms with Gasteiger partial charge in [0.1, 0.15) is 5.82 Å². The first-order chi connectivity index (χ1) is 23.5. The molecule has 0 fully saturated rings. The number of pyridine rings is 2. The Kier molecular flexibility index (Phi) is 6.34. The zero-order chi connectivity index (χ0) is 32.4. The number of rotatable bonds is 4. The zero-order valence-electron chi connectivity index (χ0n) is 27.2. The van der Waals surface area contributed by atoms with Crippen molar-refractivity contribution < 1.29 is 0 Å². The molecule has 0 aliphatic rings. The highest BCUT2D eigenvalue weighted by Crippen LogP contribution is 2.41. The Balaban J connectivity index is 1.39. The molecule has 4 heteroatoms. The fourth-order valence-electron chi connectivity index (χ4n) is 7.23. The third kappa shape index (κ3) is 4.44. The van der Waals surface area contributed by atoms with Gasteiger partial charge >= 0.3 is 0 Å². The summed E-state index contributed by atoms with van der Waals surface area (Å²) in [7, 11) is 0. The lowest BCUT2D eigenvalue weighted by molar-refractivity contribution is 0.588. The average molecular weight is 619 g/mol. The van der Waals surface area contributed by atoms with Crippen LogP contribution in [0.1, 0.15) is 26.3 Å². The van der Waals surface area contributed by atoms with Crippen molar-refractivity contribution in [3.63, 3.8) is 0 Å². The SMILES string of the molecule is CC(C)(C)c1ccnc(-n2c3ccccc3c3ccc(-n4c5cc(-c6ccccn6)ccc5c5cccc(-c6ccccc6)c54)cc32)c1.